The Morgan fingerprint density at radius 2 is 1.77 bits per heavy atom. The number of quaternary nitrogens is 2. The monoisotopic (exact) mass is 427 g/mol. The van der Waals surface area contributed by atoms with Gasteiger partial charge in [-0.25, -0.2) is 4.79 Å². The fourth-order valence-corrected chi connectivity index (χ4v) is 4.02. The van der Waals surface area contributed by atoms with E-state index >= 15 is 0 Å². The molecule has 8 heteroatoms. The number of carbonyl (C=O) groups excluding carboxylic acids is 2. The van der Waals surface area contributed by atoms with Crippen molar-refractivity contribution in [2.24, 2.45) is 0 Å². The number of piperazine rings is 1. The van der Waals surface area contributed by atoms with E-state index in [1.54, 1.807) is 31.2 Å². The second-order valence-electron chi connectivity index (χ2n) is 7.89. The Labute approximate surface area is 181 Å². The lowest BCUT2D eigenvalue weighted by Crippen LogP contribution is -3.28. The van der Waals surface area contributed by atoms with Crippen molar-refractivity contribution in [3.63, 3.8) is 0 Å². The lowest BCUT2D eigenvalue weighted by molar-refractivity contribution is -1.02. The number of amides is 1. The predicted molar refractivity (Wildman–Crippen MR) is 114 cm³/mol. The number of hydrogen-bond donors (Lipinski definition) is 3. The van der Waals surface area contributed by atoms with Crippen molar-refractivity contribution in [2.75, 3.05) is 51.4 Å². The molecule has 0 unspecified atom stereocenters. The van der Waals surface area contributed by atoms with E-state index in [0.717, 1.165) is 44.2 Å². The number of anilines is 1. The van der Waals surface area contributed by atoms with Gasteiger partial charge in [0.25, 0.3) is 5.91 Å². The van der Waals surface area contributed by atoms with Crippen LogP contribution in [-0.4, -0.2) is 58.0 Å². The van der Waals surface area contributed by atoms with E-state index in [1.165, 1.54) is 15.4 Å². The van der Waals surface area contributed by atoms with Crippen LogP contribution in [0, 0.1) is 0 Å². The van der Waals surface area contributed by atoms with Crippen LogP contribution >= 0.6 is 0 Å². The molecule has 0 saturated carbocycles. The van der Waals surface area contributed by atoms with Gasteiger partial charge in [-0.2, -0.15) is 0 Å². The molecule has 2 aromatic rings. The number of fused-ring (bicyclic) bond motifs is 1. The fraction of sp³-hybridized carbons (Fsp3) is 0.391. The summed E-state index contributed by atoms with van der Waals surface area (Å²) in [5.74, 6) is 1.21. The number of nitrogens with one attached hydrogen (secondary N) is 3. The van der Waals surface area contributed by atoms with Crippen LogP contribution < -0.4 is 24.6 Å². The number of rotatable bonds is 7. The molecule has 2 aliphatic heterocycles. The third kappa shape index (κ3) is 5.53. The average molecular weight is 428 g/mol. The highest BCUT2D eigenvalue weighted by atomic mass is 16.7. The van der Waals surface area contributed by atoms with Crippen molar-refractivity contribution in [2.45, 2.75) is 13.5 Å². The summed E-state index contributed by atoms with van der Waals surface area (Å²) in [5.41, 5.74) is 2.29. The summed E-state index contributed by atoms with van der Waals surface area (Å²) in [7, 11) is 0. The van der Waals surface area contributed by atoms with Gasteiger partial charge in [-0.3, -0.25) is 4.79 Å². The van der Waals surface area contributed by atoms with Gasteiger partial charge in [-0.05, 0) is 43.3 Å². The molecule has 0 aromatic heterocycles. The quantitative estimate of drug-likeness (QED) is 0.520. The maximum Gasteiger partial charge on any atom is 0.338 e. The summed E-state index contributed by atoms with van der Waals surface area (Å²) in [6.07, 6.45) is 0. The van der Waals surface area contributed by atoms with Crippen LogP contribution in [-0.2, 0) is 16.1 Å². The van der Waals surface area contributed by atoms with Crippen molar-refractivity contribution >= 4 is 17.6 Å². The number of benzene rings is 2. The maximum absolute atomic E-state index is 12.5. The topological polar surface area (TPSA) is 82.7 Å². The molecule has 0 bridgehead atoms. The average Bonchev–Trinajstić information content (AvgIpc) is 3.23. The zero-order chi connectivity index (χ0) is 21.6. The van der Waals surface area contributed by atoms with Gasteiger partial charge in [0.1, 0.15) is 32.7 Å². The molecular formula is C23H29N3O5+2. The fourth-order valence-electron chi connectivity index (χ4n) is 4.02. The maximum atomic E-state index is 12.5. The molecule has 4 rings (SSSR count). The van der Waals surface area contributed by atoms with Gasteiger partial charge in [0.2, 0.25) is 6.79 Å². The first kappa shape index (κ1) is 21.1. The van der Waals surface area contributed by atoms with Crippen molar-refractivity contribution in [3.8, 4) is 11.5 Å². The van der Waals surface area contributed by atoms with E-state index in [2.05, 4.69) is 17.4 Å². The van der Waals surface area contributed by atoms with Gasteiger partial charge in [-0.15, -0.1) is 0 Å². The first-order valence-electron chi connectivity index (χ1n) is 10.7. The summed E-state index contributed by atoms with van der Waals surface area (Å²) in [5, 5.41) is 2.90. The highest BCUT2D eigenvalue weighted by Crippen LogP contribution is 2.32. The molecule has 3 N–H and O–H groups in total. The Kier molecular flexibility index (Phi) is 6.69. The Bertz CT molecular complexity index is 941. The molecule has 2 heterocycles. The predicted octanol–water partition coefficient (Wildman–Crippen LogP) is -0.486. The lowest BCUT2D eigenvalue weighted by atomic mass is 10.1. The largest absolute Gasteiger partial charge is 0.462 e. The minimum absolute atomic E-state index is 0.0461. The van der Waals surface area contributed by atoms with Crippen LogP contribution in [0.2, 0.25) is 0 Å². The molecule has 0 spiro atoms. The molecule has 2 aromatic carbocycles. The smallest absolute Gasteiger partial charge is 0.338 e. The normalized spacial score (nSPS) is 19.6. The first-order valence-corrected chi connectivity index (χ1v) is 10.7. The van der Waals surface area contributed by atoms with E-state index in [1.807, 2.05) is 6.07 Å². The number of carbonyl (C=O) groups is 2. The van der Waals surface area contributed by atoms with E-state index in [-0.39, 0.29) is 11.9 Å². The Hall–Kier alpha value is -3.10. The first-order chi connectivity index (χ1) is 15.1. The van der Waals surface area contributed by atoms with Crippen LogP contribution in [0.3, 0.4) is 0 Å². The van der Waals surface area contributed by atoms with E-state index in [4.69, 9.17) is 14.2 Å². The molecular weight excluding hydrogens is 398 g/mol. The highest BCUT2D eigenvalue weighted by molar-refractivity contribution is 5.94. The Morgan fingerprint density at radius 1 is 1.00 bits per heavy atom. The van der Waals surface area contributed by atoms with E-state index < -0.39 is 0 Å². The summed E-state index contributed by atoms with van der Waals surface area (Å²) < 4.78 is 15.9. The van der Waals surface area contributed by atoms with E-state index in [0.29, 0.717) is 31.2 Å². The SMILES string of the molecule is CCOC(=O)c1cccc(NC(=O)C[NH+]2CC[NH+](Cc3ccc4c(c3)OCO4)CC2)c1. The second kappa shape index (κ2) is 9.80. The highest BCUT2D eigenvalue weighted by Gasteiger charge is 2.25. The molecule has 1 saturated heterocycles. The van der Waals surface area contributed by atoms with Crippen LogP contribution in [0.25, 0.3) is 0 Å². The zero-order valence-electron chi connectivity index (χ0n) is 17.7. The van der Waals surface area contributed by atoms with Gasteiger partial charge < -0.3 is 29.3 Å². The molecule has 0 radical (unpaired) electrons. The second-order valence-corrected chi connectivity index (χ2v) is 7.89. The lowest BCUT2D eigenvalue weighted by Gasteiger charge is -2.29. The third-order valence-corrected chi connectivity index (χ3v) is 5.62. The Morgan fingerprint density at radius 3 is 2.58 bits per heavy atom. The van der Waals surface area contributed by atoms with Gasteiger partial charge in [0.15, 0.2) is 18.0 Å². The van der Waals surface area contributed by atoms with Crippen LogP contribution in [0.4, 0.5) is 5.69 Å². The summed E-state index contributed by atoms with van der Waals surface area (Å²) in [6.45, 7) is 7.64. The Balaban J connectivity index is 1.23. The molecule has 31 heavy (non-hydrogen) atoms. The van der Waals surface area contributed by atoms with Crippen molar-refractivity contribution in [3.05, 3.63) is 53.6 Å². The van der Waals surface area contributed by atoms with Crippen LogP contribution in [0.1, 0.15) is 22.8 Å². The summed E-state index contributed by atoms with van der Waals surface area (Å²) in [6, 6.07) is 13.0. The van der Waals surface area contributed by atoms with Gasteiger partial charge >= 0.3 is 5.97 Å². The number of esters is 1. The van der Waals surface area contributed by atoms with Crippen molar-refractivity contribution in [1.82, 2.24) is 0 Å². The van der Waals surface area contributed by atoms with Crippen molar-refractivity contribution in [1.29, 1.82) is 0 Å². The van der Waals surface area contributed by atoms with Gasteiger partial charge in [0, 0.05) is 11.3 Å². The molecule has 0 atom stereocenters. The van der Waals surface area contributed by atoms with Gasteiger partial charge in [0.05, 0.1) is 12.2 Å². The zero-order valence-corrected chi connectivity index (χ0v) is 17.7. The summed E-state index contributed by atoms with van der Waals surface area (Å²) in [4.78, 5) is 27.1. The third-order valence-electron chi connectivity index (χ3n) is 5.62. The molecule has 1 amide bonds. The van der Waals surface area contributed by atoms with Crippen LogP contribution in [0.15, 0.2) is 42.5 Å². The molecule has 1 fully saturated rings. The summed E-state index contributed by atoms with van der Waals surface area (Å²) >= 11 is 0. The molecule has 164 valence electrons. The van der Waals surface area contributed by atoms with E-state index in [9.17, 15) is 9.59 Å². The van der Waals surface area contributed by atoms with Crippen molar-refractivity contribution < 1.29 is 33.6 Å². The minimum Gasteiger partial charge on any atom is -0.462 e. The molecule has 0 aliphatic carbocycles. The number of hydrogen-bond acceptors (Lipinski definition) is 5. The van der Waals surface area contributed by atoms with Gasteiger partial charge in [-0.1, -0.05) is 6.07 Å². The molecule has 8 nitrogen and oxygen atoms in total. The number of ether oxygens (including phenoxy) is 3. The molecule has 2 aliphatic rings. The minimum atomic E-state index is -0.384. The van der Waals surface area contributed by atoms with Crippen LogP contribution in [0.5, 0.6) is 11.5 Å². The standard InChI is InChI=1S/C23H27N3O5/c1-2-29-23(28)18-4-3-5-19(13-18)24-22(27)15-26-10-8-25(9-11-26)14-17-6-7-20-21(12-17)31-16-30-20/h3-7,12-13H,2,8-11,14-16H2,1H3,(H,24,27)/p+2.